The molecule has 0 spiro atoms. The van der Waals surface area contributed by atoms with Crippen LogP contribution in [0.4, 0.5) is 0 Å². The average Bonchev–Trinajstić information content (AvgIpc) is 2.79. The van der Waals surface area contributed by atoms with Crippen molar-refractivity contribution < 1.29 is 9.59 Å². The third-order valence-electron chi connectivity index (χ3n) is 2.74. The number of carbonyl (C=O) groups excluding carboxylic acids is 2. The first-order chi connectivity index (χ1) is 8.84. The van der Waals surface area contributed by atoms with Gasteiger partial charge in [0, 0.05) is 36.7 Å². The lowest BCUT2D eigenvalue weighted by molar-refractivity contribution is -0.132. The van der Waals surface area contributed by atoms with Gasteiger partial charge in [0.1, 0.15) is 0 Å². The van der Waals surface area contributed by atoms with E-state index < -0.39 is 11.5 Å². The minimum absolute atomic E-state index is 0.00697. The third kappa shape index (κ3) is 4.82. The summed E-state index contributed by atoms with van der Waals surface area (Å²) in [5.41, 5.74) is 5.64. The molecule has 1 atom stereocenters. The molecule has 19 heavy (non-hydrogen) atoms. The summed E-state index contributed by atoms with van der Waals surface area (Å²) in [4.78, 5) is 30.8. The number of ketones is 1. The second-order valence-electron chi connectivity index (χ2n) is 5.55. The smallest absolute Gasteiger partial charge is 0.221 e. The Labute approximate surface area is 113 Å². The van der Waals surface area contributed by atoms with E-state index in [9.17, 15) is 9.59 Å². The van der Waals surface area contributed by atoms with Gasteiger partial charge in [-0.2, -0.15) is 0 Å². The Bertz CT molecular complexity index is 420. The normalized spacial score (nSPS) is 13.1. The van der Waals surface area contributed by atoms with E-state index in [0.717, 1.165) is 5.69 Å². The zero-order chi connectivity index (χ0) is 14.5. The van der Waals surface area contributed by atoms with Gasteiger partial charge in [0.05, 0.1) is 12.4 Å². The predicted octanol–water partition coefficient (Wildman–Crippen LogP) is 0.401. The van der Waals surface area contributed by atoms with Crippen LogP contribution in [-0.4, -0.2) is 34.2 Å². The Morgan fingerprint density at radius 2 is 2.16 bits per heavy atom. The maximum atomic E-state index is 12.4. The van der Waals surface area contributed by atoms with Crippen LogP contribution < -0.4 is 11.1 Å². The fraction of sp³-hybridized carbons (Fsp3) is 0.615. The maximum Gasteiger partial charge on any atom is 0.221 e. The average molecular weight is 266 g/mol. The van der Waals surface area contributed by atoms with Crippen molar-refractivity contribution in [3.05, 3.63) is 18.2 Å². The first-order valence-corrected chi connectivity index (χ1v) is 6.35. The molecule has 0 fully saturated rings. The van der Waals surface area contributed by atoms with Gasteiger partial charge in [-0.25, -0.2) is 4.98 Å². The van der Waals surface area contributed by atoms with Gasteiger partial charge in [0.2, 0.25) is 5.91 Å². The molecule has 0 radical (unpaired) electrons. The van der Waals surface area contributed by atoms with Gasteiger partial charge in [0.15, 0.2) is 5.78 Å². The molecule has 1 aromatic rings. The van der Waals surface area contributed by atoms with Crippen molar-refractivity contribution in [3.8, 4) is 0 Å². The topological polar surface area (TPSA) is 101 Å². The van der Waals surface area contributed by atoms with Crippen molar-refractivity contribution in [2.75, 3.05) is 6.54 Å². The molecule has 1 rings (SSSR count). The van der Waals surface area contributed by atoms with Crippen LogP contribution in [0.25, 0.3) is 0 Å². The second kappa shape index (κ2) is 6.47. The van der Waals surface area contributed by atoms with E-state index in [1.165, 1.54) is 0 Å². The van der Waals surface area contributed by atoms with Crippen LogP contribution in [0, 0.1) is 5.41 Å². The quantitative estimate of drug-likeness (QED) is 0.693. The molecular weight excluding hydrogens is 244 g/mol. The number of carbonyl (C=O) groups is 2. The minimum atomic E-state index is -0.556. The van der Waals surface area contributed by atoms with Gasteiger partial charge in [-0.15, -0.1) is 0 Å². The Morgan fingerprint density at radius 1 is 1.47 bits per heavy atom. The lowest BCUT2D eigenvalue weighted by atomic mass is 9.85. The zero-order valence-corrected chi connectivity index (χ0v) is 11.7. The first kappa shape index (κ1) is 15.4. The van der Waals surface area contributed by atoms with E-state index in [-0.39, 0.29) is 24.7 Å². The lowest BCUT2D eigenvalue weighted by Crippen LogP contribution is -2.47. The molecule has 0 unspecified atom stereocenters. The standard InChI is InChI=1S/C13H22N4O2/c1-13(2,3)12(19)10(17-11(18)4-5-14)6-9-7-15-8-16-9/h7-8,10H,4-6,14H2,1-3H3,(H,15,16)(H,17,18)/t10-/m0/s1. The molecule has 6 nitrogen and oxygen atoms in total. The van der Waals surface area contributed by atoms with Gasteiger partial charge in [-0.05, 0) is 0 Å². The van der Waals surface area contributed by atoms with Gasteiger partial charge < -0.3 is 16.0 Å². The molecular formula is C13H22N4O2. The van der Waals surface area contributed by atoms with Crippen LogP contribution in [0.5, 0.6) is 0 Å². The number of nitrogens with two attached hydrogens (primary N) is 1. The van der Waals surface area contributed by atoms with E-state index in [0.29, 0.717) is 6.42 Å². The molecule has 4 N–H and O–H groups in total. The van der Waals surface area contributed by atoms with E-state index in [2.05, 4.69) is 15.3 Å². The van der Waals surface area contributed by atoms with Crippen molar-refractivity contribution in [3.63, 3.8) is 0 Å². The van der Waals surface area contributed by atoms with Crippen LogP contribution in [0.3, 0.4) is 0 Å². The molecule has 0 aliphatic heterocycles. The molecule has 0 saturated heterocycles. The number of rotatable bonds is 6. The molecule has 1 heterocycles. The number of nitrogens with one attached hydrogen (secondary N) is 2. The molecule has 1 aromatic heterocycles. The lowest BCUT2D eigenvalue weighted by Gasteiger charge is -2.25. The molecule has 0 aliphatic carbocycles. The number of nitrogens with zero attached hydrogens (tertiary/aromatic N) is 1. The summed E-state index contributed by atoms with van der Waals surface area (Å²) in [7, 11) is 0. The Hall–Kier alpha value is -1.69. The summed E-state index contributed by atoms with van der Waals surface area (Å²) in [5, 5.41) is 2.75. The van der Waals surface area contributed by atoms with Crippen LogP contribution in [0.1, 0.15) is 32.9 Å². The number of amides is 1. The summed E-state index contributed by atoms with van der Waals surface area (Å²) < 4.78 is 0. The van der Waals surface area contributed by atoms with Gasteiger partial charge in [-0.3, -0.25) is 9.59 Å². The number of imidazole rings is 1. The SMILES string of the molecule is CC(C)(C)C(=O)[C@H](Cc1cnc[nH]1)NC(=O)CCN. The minimum Gasteiger partial charge on any atom is -0.348 e. The molecule has 0 saturated carbocycles. The van der Waals surface area contributed by atoms with Crippen LogP contribution in [0.15, 0.2) is 12.5 Å². The third-order valence-corrected chi connectivity index (χ3v) is 2.74. The number of aromatic amines is 1. The van der Waals surface area contributed by atoms with Gasteiger partial charge >= 0.3 is 0 Å². The van der Waals surface area contributed by atoms with Crippen molar-refractivity contribution >= 4 is 11.7 Å². The molecule has 1 amide bonds. The van der Waals surface area contributed by atoms with Crippen LogP contribution in [0.2, 0.25) is 0 Å². The predicted molar refractivity (Wildman–Crippen MR) is 72.4 cm³/mol. The van der Waals surface area contributed by atoms with Crippen molar-refractivity contribution in [1.82, 2.24) is 15.3 Å². The summed E-state index contributed by atoms with van der Waals surface area (Å²) in [5.74, 6) is -0.211. The highest BCUT2D eigenvalue weighted by Gasteiger charge is 2.30. The van der Waals surface area contributed by atoms with Crippen molar-refractivity contribution in [2.45, 2.75) is 39.7 Å². The fourth-order valence-electron chi connectivity index (χ4n) is 1.75. The Kier molecular flexibility index (Phi) is 5.23. The number of aromatic nitrogens is 2. The Morgan fingerprint density at radius 3 is 2.63 bits per heavy atom. The fourth-order valence-corrected chi connectivity index (χ4v) is 1.75. The number of H-pyrrole nitrogens is 1. The van der Waals surface area contributed by atoms with Crippen LogP contribution >= 0.6 is 0 Å². The highest BCUT2D eigenvalue weighted by Crippen LogP contribution is 2.18. The maximum absolute atomic E-state index is 12.4. The van der Waals surface area contributed by atoms with Gasteiger partial charge in [0.25, 0.3) is 0 Å². The summed E-state index contributed by atoms with van der Waals surface area (Å²) in [6.07, 6.45) is 3.83. The van der Waals surface area contributed by atoms with E-state index in [4.69, 9.17) is 5.73 Å². The van der Waals surface area contributed by atoms with E-state index in [1.54, 1.807) is 12.5 Å². The molecule has 6 heteroatoms. The summed E-state index contributed by atoms with van der Waals surface area (Å²) >= 11 is 0. The number of hydrogen-bond acceptors (Lipinski definition) is 4. The van der Waals surface area contributed by atoms with Crippen molar-refractivity contribution in [2.24, 2.45) is 11.1 Å². The highest BCUT2D eigenvalue weighted by atomic mass is 16.2. The zero-order valence-electron chi connectivity index (χ0n) is 11.7. The number of Topliss-reactive ketones (excluding diaryl/α,β-unsaturated/α-hetero) is 1. The first-order valence-electron chi connectivity index (χ1n) is 6.35. The van der Waals surface area contributed by atoms with E-state index in [1.807, 2.05) is 20.8 Å². The summed E-state index contributed by atoms with van der Waals surface area (Å²) in [6, 6.07) is -0.556. The number of hydrogen-bond donors (Lipinski definition) is 3. The van der Waals surface area contributed by atoms with Gasteiger partial charge in [-0.1, -0.05) is 20.8 Å². The molecule has 0 bridgehead atoms. The molecule has 0 aromatic carbocycles. The van der Waals surface area contributed by atoms with Crippen LogP contribution in [-0.2, 0) is 16.0 Å². The van der Waals surface area contributed by atoms with Crippen molar-refractivity contribution in [1.29, 1.82) is 0 Å². The monoisotopic (exact) mass is 266 g/mol. The summed E-state index contributed by atoms with van der Waals surface area (Å²) in [6.45, 7) is 5.78. The molecule has 0 aliphatic rings. The highest BCUT2D eigenvalue weighted by molar-refractivity contribution is 5.92. The second-order valence-corrected chi connectivity index (χ2v) is 5.55. The molecule has 106 valence electrons. The largest absolute Gasteiger partial charge is 0.348 e. The Balaban J connectivity index is 2.78. The van der Waals surface area contributed by atoms with E-state index >= 15 is 0 Å².